The van der Waals surface area contributed by atoms with E-state index in [1.165, 1.54) is 6.54 Å². The Labute approximate surface area is 75.5 Å². The fourth-order valence-electron chi connectivity index (χ4n) is 1.86. The SMILES string of the molecule is CC(CN(C)C)N1CCC(N)C1. The molecule has 12 heavy (non-hydrogen) atoms. The van der Waals surface area contributed by atoms with Gasteiger partial charge in [0.25, 0.3) is 0 Å². The van der Waals surface area contributed by atoms with Crippen molar-refractivity contribution in [2.45, 2.75) is 25.4 Å². The summed E-state index contributed by atoms with van der Waals surface area (Å²) in [5.41, 5.74) is 5.84. The minimum Gasteiger partial charge on any atom is -0.326 e. The maximum absolute atomic E-state index is 5.84. The van der Waals surface area contributed by atoms with Crippen LogP contribution >= 0.6 is 0 Å². The van der Waals surface area contributed by atoms with Crippen molar-refractivity contribution in [3.63, 3.8) is 0 Å². The highest BCUT2D eigenvalue weighted by molar-refractivity contribution is 4.82. The highest BCUT2D eigenvalue weighted by Gasteiger charge is 2.23. The Kier molecular flexibility index (Phi) is 3.50. The van der Waals surface area contributed by atoms with E-state index < -0.39 is 0 Å². The van der Waals surface area contributed by atoms with E-state index in [-0.39, 0.29) is 0 Å². The summed E-state index contributed by atoms with van der Waals surface area (Å²) < 4.78 is 0. The average Bonchev–Trinajstić information content (AvgIpc) is 2.34. The first-order valence-electron chi connectivity index (χ1n) is 4.74. The quantitative estimate of drug-likeness (QED) is 0.647. The summed E-state index contributed by atoms with van der Waals surface area (Å²) in [6, 6.07) is 1.06. The molecule has 2 N–H and O–H groups in total. The van der Waals surface area contributed by atoms with E-state index in [0.717, 1.165) is 19.5 Å². The molecular formula is C9H21N3. The molecule has 0 saturated carbocycles. The number of hydrogen-bond acceptors (Lipinski definition) is 3. The number of hydrogen-bond donors (Lipinski definition) is 1. The molecule has 72 valence electrons. The van der Waals surface area contributed by atoms with Crippen LogP contribution in [0.4, 0.5) is 0 Å². The van der Waals surface area contributed by atoms with Gasteiger partial charge in [-0.25, -0.2) is 0 Å². The first-order valence-corrected chi connectivity index (χ1v) is 4.74. The van der Waals surface area contributed by atoms with E-state index in [2.05, 4.69) is 30.8 Å². The van der Waals surface area contributed by atoms with E-state index in [0.29, 0.717) is 12.1 Å². The van der Waals surface area contributed by atoms with E-state index >= 15 is 0 Å². The zero-order valence-electron chi connectivity index (χ0n) is 8.45. The smallest absolute Gasteiger partial charge is 0.0195 e. The van der Waals surface area contributed by atoms with Crippen LogP contribution in [-0.2, 0) is 0 Å². The first-order chi connectivity index (χ1) is 5.59. The second-order valence-electron chi connectivity index (χ2n) is 4.15. The third kappa shape index (κ3) is 2.73. The standard InChI is InChI=1S/C9H21N3/c1-8(6-11(2)3)12-5-4-9(10)7-12/h8-9H,4-7,10H2,1-3H3. The van der Waals surface area contributed by atoms with Crippen LogP contribution in [0, 0.1) is 0 Å². The second-order valence-corrected chi connectivity index (χ2v) is 4.15. The molecule has 3 nitrogen and oxygen atoms in total. The predicted molar refractivity (Wildman–Crippen MR) is 52.2 cm³/mol. The molecule has 0 aromatic rings. The predicted octanol–water partition coefficient (Wildman–Crippen LogP) is -0.0305. The third-order valence-corrected chi connectivity index (χ3v) is 2.51. The van der Waals surface area contributed by atoms with Crippen molar-refractivity contribution in [2.75, 3.05) is 33.7 Å². The highest BCUT2D eigenvalue weighted by Crippen LogP contribution is 2.10. The summed E-state index contributed by atoms with van der Waals surface area (Å²) in [6.45, 7) is 5.66. The van der Waals surface area contributed by atoms with Crippen molar-refractivity contribution in [1.82, 2.24) is 9.80 Å². The molecule has 0 aromatic heterocycles. The maximum Gasteiger partial charge on any atom is 0.0195 e. The van der Waals surface area contributed by atoms with Crippen LogP contribution in [0.25, 0.3) is 0 Å². The van der Waals surface area contributed by atoms with Crippen molar-refractivity contribution >= 4 is 0 Å². The molecule has 2 atom stereocenters. The zero-order valence-corrected chi connectivity index (χ0v) is 8.45. The number of rotatable bonds is 3. The van der Waals surface area contributed by atoms with Gasteiger partial charge in [0.2, 0.25) is 0 Å². The van der Waals surface area contributed by atoms with Gasteiger partial charge in [0, 0.05) is 31.7 Å². The lowest BCUT2D eigenvalue weighted by molar-refractivity contribution is 0.207. The summed E-state index contributed by atoms with van der Waals surface area (Å²) >= 11 is 0. The van der Waals surface area contributed by atoms with Gasteiger partial charge in [-0.15, -0.1) is 0 Å². The molecule has 2 unspecified atom stereocenters. The van der Waals surface area contributed by atoms with Crippen molar-refractivity contribution in [2.24, 2.45) is 5.73 Å². The van der Waals surface area contributed by atoms with E-state index in [1.807, 2.05) is 0 Å². The number of likely N-dealkylation sites (N-methyl/N-ethyl adjacent to an activating group) is 1. The molecule has 0 spiro atoms. The summed E-state index contributed by atoms with van der Waals surface area (Å²) in [7, 11) is 4.24. The normalized spacial score (nSPS) is 28.2. The zero-order chi connectivity index (χ0) is 9.14. The summed E-state index contributed by atoms with van der Waals surface area (Å²) in [6.07, 6.45) is 1.16. The Balaban J connectivity index is 2.28. The fourth-order valence-corrected chi connectivity index (χ4v) is 1.86. The molecule has 1 aliphatic rings. The van der Waals surface area contributed by atoms with Crippen molar-refractivity contribution in [3.8, 4) is 0 Å². The molecule has 1 heterocycles. The van der Waals surface area contributed by atoms with E-state index in [9.17, 15) is 0 Å². The van der Waals surface area contributed by atoms with Crippen LogP contribution in [0.5, 0.6) is 0 Å². The van der Waals surface area contributed by atoms with Crippen LogP contribution in [0.15, 0.2) is 0 Å². The van der Waals surface area contributed by atoms with Gasteiger partial charge >= 0.3 is 0 Å². The van der Waals surface area contributed by atoms with Crippen molar-refractivity contribution in [1.29, 1.82) is 0 Å². The van der Waals surface area contributed by atoms with Gasteiger partial charge in [-0.1, -0.05) is 0 Å². The molecule has 0 aromatic carbocycles. The lowest BCUT2D eigenvalue weighted by Crippen LogP contribution is -2.39. The van der Waals surface area contributed by atoms with Crippen LogP contribution in [0.2, 0.25) is 0 Å². The van der Waals surface area contributed by atoms with E-state index in [4.69, 9.17) is 5.73 Å². The second kappa shape index (κ2) is 4.21. The molecule has 3 heteroatoms. The van der Waals surface area contributed by atoms with Crippen molar-refractivity contribution in [3.05, 3.63) is 0 Å². The van der Waals surface area contributed by atoms with Gasteiger partial charge < -0.3 is 10.6 Å². The number of nitrogens with two attached hydrogens (primary N) is 1. The Hall–Kier alpha value is -0.120. The van der Waals surface area contributed by atoms with Gasteiger partial charge in [-0.05, 0) is 27.4 Å². The third-order valence-electron chi connectivity index (χ3n) is 2.51. The first kappa shape index (κ1) is 9.96. The van der Waals surface area contributed by atoms with Crippen LogP contribution in [0.3, 0.4) is 0 Å². The number of nitrogens with zero attached hydrogens (tertiary/aromatic N) is 2. The van der Waals surface area contributed by atoms with E-state index in [1.54, 1.807) is 0 Å². The summed E-state index contributed by atoms with van der Waals surface area (Å²) in [5.74, 6) is 0. The molecular weight excluding hydrogens is 150 g/mol. The summed E-state index contributed by atoms with van der Waals surface area (Å²) in [5, 5.41) is 0. The van der Waals surface area contributed by atoms with Crippen LogP contribution < -0.4 is 5.73 Å². The van der Waals surface area contributed by atoms with Crippen LogP contribution in [0.1, 0.15) is 13.3 Å². The Morgan fingerprint density at radius 2 is 2.25 bits per heavy atom. The Bertz CT molecular complexity index is 136. The van der Waals surface area contributed by atoms with Crippen LogP contribution in [-0.4, -0.2) is 55.6 Å². The van der Waals surface area contributed by atoms with Crippen molar-refractivity contribution < 1.29 is 0 Å². The minimum absolute atomic E-state index is 0.412. The lowest BCUT2D eigenvalue weighted by Gasteiger charge is -2.26. The molecule has 0 amide bonds. The maximum atomic E-state index is 5.84. The molecule has 1 aliphatic heterocycles. The Morgan fingerprint density at radius 3 is 2.67 bits per heavy atom. The number of likely N-dealkylation sites (tertiary alicyclic amines) is 1. The largest absolute Gasteiger partial charge is 0.326 e. The summed E-state index contributed by atoms with van der Waals surface area (Å²) in [4.78, 5) is 4.71. The topological polar surface area (TPSA) is 32.5 Å². The average molecular weight is 171 g/mol. The van der Waals surface area contributed by atoms with Gasteiger partial charge in [0.1, 0.15) is 0 Å². The highest BCUT2D eigenvalue weighted by atomic mass is 15.2. The molecule has 1 rings (SSSR count). The van der Waals surface area contributed by atoms with Gasteiger partial charge in [-0.3, -0.25) is 4.90 Å². The molecule has 1 fully saturated rings. The van der Waals surface area contributed by atoms with Gasteiger partial charge in [0.15, 0.2) is 0 Å². The minimum atomic E-state index is 0.412. The fraction of sp³-hybridized carbons (Fsp3) is 1.00. The monoisotopic (exact) mass is 171 g/mol. The lowest BCUT2D eigenvalue weighted by atomic mass is 10.3. The van der Waals surface area contributed by atoms with Gasteiger partial charge in [-0.2, -0.15) is 0 Å². The molecule has 0 radical (unpaired) electrons. The molecule has 0 bridgehead atoms. The Morgan fingerprint density at radius 1 is 1.58 bits per heavy atom. The molecule has 0 aliphatic carbocycles. The van der Waals surface area contributed by atoms with Gasteiger partial charge in [0.05, 0.1) is 0 Å². The molecule has 1 saturated heterocycles.